The Bertz CT molecular complexity index is 1160. The van der Waals surface area contributed by atoms with Gasteiger partial charge in [0.1, 0.15) is 24.3 Å². The lowest BCUT2D eigenvalue weighted by molar-refractivity contribution is 0.0443. The highest BCUT2D eigenvalue weighted by Crippen LogP contribution is 2.26. The third-order valence-corrected chi connectivity index (χ3v) is 7.10. The van der Waals surface area contributed by atoms with Crippen molar-refractivity contribution in [1.82, 2.24) is 9.36 Å². The Morgan fingerprint density at radius 1 is 1.18 bits per heavy atom. The summed E-state index contributed by atoms with van der Waals surface area (Å²) >= 11 is 0.927. The molecule has 34 heavy (non-hydrogen) atoms. The minimum atomic E-state index is -3.90. The molecule has 3 aromatic rings. The Balaban J connectivity index is 1.72. The Hall–Kier alpha value is -3.00. The van der Waals surface area contributed by atoms with Crippen LogP contribution in [0.2, 0.25) is 0 Å². The van der Waals surface area contributed by atoms with Gasteiger partial charge in [-0.25, -0.2) is 13.4 Å². The van der Waals surface area contributed by atoms with E-state index in [0.717, 1.165) is 37.2 Å². The molecular weight excluding hydrogens is 472 g/mol. The first-order valence-corrected chi connectivity index (χ1v) is 13.4. The number of nitriles is 1. The van der Waals surface area contributed by atoms with Crippen LogP contribution in [-0.2, 0) is 21.2 Å². The largest absolute Gasteiger partial charge is 0.487 e. The molecule has 3 rings (SSSR count). The number of rotatable bonds is 14. The number of hydrogen-bond acceptors (Lipinski definition) is 8. The Morgan fingerprint density at radius 3 is 2.71 bits per heavy atom. The number of unbranched alkanes of at least 4 members (excludes halogenated alkanes) is 2. The predicted molar refractivity (Wildman–Crippen MR) is 131 cm³/mol. The quantitative estimate of drug-likeness (QED) is 0.316. The van der Waals surface area contributed by atoms with Crippen LogP contribution < -0.4 is 9.46 Å². The third kappa shape index (κ3) is 7.80. The van der Waals surface area contributed by atoms with Gasteiger partial charge in [-0.3, -0.25) is 4.72 Å². The normalized spacial score (nSPS) is 12.1. The Kier molecular flexibility index (Phi) is 9.82. The first-order valence-electron chi connectivity index (χ1n) is 11.1. The molecular formula is C24H28N4O4S2. The van der Waals surface area contributed by atoms with E-state index >= 15 is 0 Å². The fourth-order valence-corrected chi connectivity index (χ4v) is 4.94. The van der Waals surface area contributed by atoms with E-state index in [2.05, 4.69) is 33.1 Å². The maximum absolute atomic E-state index is 12.6. The van der Waals surface area contributed by atoms with Gasteiger partial charge < -0.3 is 9.47 Å². The van der Waals surface area contributed by atoms with Crippen LogP contribution >= 0.6 is 11.5 Å². The van der Waals surface area contributed by atoms with Crippen LogP contribution in [0.1, 0.15) is 43.7 Å². The summed E-state index contributed by atoms with van der Waals surface area (Å²) in [6, 6.07) is 16.4. The molecule has 0 spiro atoms. The van der Waals surface area contributed by atoms with Crippen molar-refractivity contribution in [3.05, 3.63) is 66.0 Å². The van der Waals surface area contributed by atoms with E-state index in [9.17, 15) is 13.7 Å². The molecule has 10 heteroatoms. The highest BCUT2D eigenvalue weighted by Gasteiger charge is 2.20. The van der Waals surface area contributed by atoms with Crippen LogP contribution in [0, 0.1) is 11.3 Å². The van der Waals surface area contributed by atoms with Crippen molar-refractivity contribution in [3.8, 4) is 11.8 Å². The SMILES string of the molecule is CCCCCOCC(CCc1ccccc1)Oc1ccc(S(=O)(=O)Nc2ncns2)cc1C#N. The number of aryl methyl sites for hydroxylation is 1. The smallest absolute Gasteiger partial charge is 0.263 e. The average Bonchev–Trinajstić information content (AvgIpc) is 3.35. The number of aromatic nitrogens is 2. The maximum Gasteiger partial charge on any atom is 0.263 e. The van der Waals surface area contributed by atoms with E-state index in [1.54, 1.807) is 0 Å². The van der Waals surface area contributed by atoms with Crippen LogP contribution in [0.4, 0.5) is 5.13 Å². The van der Waals surface area contributed by atoms with Gasteiger partial charge in [0.2, 0.25) is 5.13 Å². The minimum Gasteiger partial charge on any atom is -0.487 e. The third-order valence-electron chi connectivity index (χ3n) is 5.05. The number of nitrogens with one attached hydrogen (secondary N) is 1. The molecule has 0 fully saturated rings. The monoisotopic (exact) mass is 500 g/mol. The van der Waals surface area contributed by atoms with Gasteiger partial charge in [-0.05, 0) is 43.0 Å². The van der Waals surface area contributed by atoms with E-state index in [0.29, 0.717) is 25.4 Å². The molecule has 8 nitrogen and oxygen atoms in total. The topological polar surface area (TPSA) is 114 Å². The zero-order chi connectivity index (χ0) is 24.2. The first-order chi connectivity index (χ1) is 16.5. The van der Waals surface area contributed by atoms with Gasteiger partial charge >= 0.3 is 0 Å². The lowest BCUT2D eigenvalue weighted by atomic mass is 10.1. The zero-order valence-corrected chi connectivity index (χ0v) is 20.6. The second-order valence-corrected chi connectivity index (χ2v) is 10.1. The van der Waals surface area contributed by atoms with Gasteiger partial charge in [-0.1, -0.05) is 50.1 Å². The van der Waals surface area contributed by atoms with Crippen LogP contribution in [0.3, 0.4) is 0 Å². The highest BCUT2D eigenvalue weighted by molar-refractivity contribution is 7.93. The summed E-state index contributed by atoms with van der Waals surface area (Å²) < 4.78 is 43.4. The van der Waals surface area contributed by atoms with Gasteiger partial charge in [0, 0.05) is 18.1 Å². The summed E-state index contributed by atoms with van der Waals surface area (Å²) in [5, 5.41) is 9.82. The molecule has 0 aliphatic carbocycles. The summed E-state index contributed by atoms with van der Waals surface area (Å²) in [7, 11) is -3.90. The van der Waals surface area contributed by atoms with Crippen molar-refractivity contribution < 1.29 is 17.9 Å². The molecule has 0 bridgehead atoms. The molecule has 0 amide bonds. The van der Waals surface area contributed by atoms with Crippen LogP contribution in [0.5, 0.6) is 5.75 Å². The number of nitrogens with zero attached hydrogens (tertiary/aromatic N) is 3. The van der Waals surface area contributed by atoms with Gasteiger partial charge in [0.05, 0.1) is 17.1 Å². The Labute approximate surface area is 204 Å². The molecule has 1 heterocycles. The Morgan fingerprint density at radius 2 is 2.00 bits per heavy atom. The second kappa shape index (κ2) is 13.0. The number of anilines is 1. The molecule has 1 atom stereocenters. The summed E-state index contributed by atoms with van der Waals surface area (Å²) in [6.07, 6.45) is 5.68. The molecule has 180 valence electrons. The van der Waals surface area contributed by atoms with E-state index in [4.69, 9.17) is 9.47 Å². The summed E-state index contributed by atoms with van der Waals surface area (Å²) in [5.41, 5.74) is 1.32. The van der Waals surface area contributed by atoms with Gasteiger partial charge in [0.25, 0.3) is 10.0 Å². The standard InChI is InChI=1S/C24H28N4O4S2/c1-2-3-7-14-31-17-21(11-10-19-8-5-4-6-9-19)32-23-13-12-22(15-20(23)16-25)34(29,30)28-24-26-18-27-33-24/h4-6,8-9,12-13,15,18,21H,2-3,7,10-11,14,17H2,1H3,(H,26,27,28). The van der Waals surface area contributed by atoms with Crippen molar-refractivity contribution >= 4 is 26.7 Å². The lowest BCUT2D eigenvalue weighted by Crippen LogP contribution is -2.25. The molecule has 1 aromatic heterocycles. The molecule has 1 unspecified atom stereocenters. The van der Waals surface area contributed by atoms with Crippen LogP contribution in [0.15, 0.2) is 59.8 Å². The maximum atomic E-state index is 12.6. The second-order valence-electron chi connectivity index (χ2n) is 7.67. The molecule has 0 saturated carbocycles. The molecule has 0 saturated heterocycles. The van der Waals surface area contributed by atoms with Crippen molar-refractivity contribution in [2.45, 2.75) is 50.0 Å². The van der Waals surface area contributed by atoms with Crippen LogP contribution in [-0.4, -0.2) is 37.1 Å². The molecule has 2 aromatic carbocycles. The lowest BCUT2D eigenvalue weighted by Gasteiger charge is -2.20. The van der Waals surface area contributed by atoms with Gasteiger partial charge in [0.15, 0.2) is 0 Å². The fraction of sp³-hybridized carbons (Fsp3) is 0.375. The number of sulfonamides is 1. The fourth-order valence-electron chi connectivity index (χ4n) is 3.26. The minimum absolute atomic E-state index is 0.0525. The van der Waals surface area contributed by atoms with Crippen molar-refractivity contribution in [2.24, 2.45) is 0 Å². The van der Waals surface area contributed by atoms with E-state index in [-0.39, 0.29) is 21.7 Å². The number of ether oxygens (including phenoxy) is 2. The van der Waals surface area contributed by atoms with Gasteiger partial charge in [-0.2, -0.15) is 9.64 Å². The van der Waals surface area contributed by atoms with Crippen molar-refractivity contribution in [3.63, 3.8) is 0 Å². The van der Waals surface area contributed by atoms with Crippen molar-refractivity contribution in [1.29, 1.82) is 5.26 Å². The van der Waals surface area contributed by atoms with E-state index in [1.807, 2.05) is 24.3 Å². The zero-order valence-electron chi connectivity index (χ0n) is 19.0. The molecule has 1 N–H and O–H groups in total. The highest BCUT2D eigenvalue weighted by atomic mass is 32.2. The molecule has 0 aliphatic rings. The predicted octanol–water partition coefficient (Wildman–Crippen LogP) is 4.80. The number of hydrogen-bond donors (Lipinski definition) is 1. The number of benzene rings is 2. The van der Waals surface area contributed by atoms with E-state index < -0.39 is 10.0 Å². The summed E-state index contributed by atoms with van der Waals surface area (Å²) in [6.45, 7) is 3.18. The molecule has 0 radical (unpaired) electrons. The first kappa shape index (κ1) is 25.6. The van der Waals surface area contributed by atoms with Crippen molar-refractivity contribution in [2.75, 3.05) is 17.9 Å². The van der Waals surface area contributed by atoms with Crippen LogP contribution in [0.25, 0.3) is 0 Å². The molecule has 0 aliphatic heterocycles. The summed E-state index contributed by atoms with van der Waals surface area (Å²) in [5.74, 6) is 0.326. The van der Waals surface area contributed by atoms with E-state index in [1.165, 1.54) is 30.1 Å². The summed E-state index contributed by atoms with van der Waals surface area (Å²) in [4.78, 5) is 3.78. The average molecular weight is 501 g/mol. The van der Waals surface area contributed by atoms with Gasteiger partial charge in [-0.15, -0.1) is 0 Å².